The van der Waals surface area contributed by atoms with Crippen molar-refractivity contribution in [3.05, 3.63) is 41.5 Å². The van der Waals surface area contributed by atoms with E-state index in [9.17, 15) is 13.2 Å². The molecular weight excluding hydrogens is 328 g/mol. The van der Waals surface area contributed by atoms with E-state index in [0.717, 1.165) is 6.42 Å². The highest BCUT2D eigenvalue weighted by Crippen LogP contribution is 2.21. The fourth-order valence-corrected chi connectivity index (χ4v) is 4.29. The van der Waals surface area contributed by atoms with Crippen LogP contribution in [0, 0.1) is 0 Å². The van der Waals surface area contributed by atoms with Gasteiger partial charge in [-0.15, -0.1) is 0 Å². The van der Waals surface area contributed by atoms with Gasteiger partial charge in [0.15, 0.2) is 0 Å². The van der Waals surface area contributed by atoms with Gasteiger partial charge in [0, 0.05) is 31.7 Å². The summed E-state index contributed by atoms with van der Waals surface area (Å²) in [6.45, 7) is 4.97. The predicted octanol–water partition coefficient (Wildman–Crippen LogP) is 1.50. The van der Waals surface area contributed by atoms with Crippen molar-refractivity contribution in [3.8, 4) is 0 Å². The van der Waals surface area contributed by atoms with Crippen LogP contribution in [0.1, 0.15) is 23.7 Å². The molecule has 1 aromatic rings. The van der Waals surface area contributed by atoms with Crippen LogP contribution in [-0.4, -0.2) is 62.9 Å². The summed E-state index contributed by atoms with van der Waals surface area (Å²) in [5.41, 5.74) is 1.61. The van der Waals surface area contributed by atoms with Crippen molar-refractivity contribution in [2.75, 3.05) is 39.4 Å². The topological polar surface area (TPSA) is 66.9 Å². The average Bonchev–Trinajstić information content (AvgIpc) is 2.62. The van der Waals surface area contributed by atoms with E-state index in [0.29, 0.717) is 45.0 Å². The molecule has 0 N–H and O–H groups in total. The van der Waals surface area contributed by atoms with Gasteiger partial charge in [-0.2, -0.15) is 4.31 Å². The molecule has 3 rings (SSSR count). The Morgan fingerprint density at radius 1 is 1.17 bits per heavy atom. The van der Waals surface area contributed by atoms with Gasteiger partial charge in [0.2, 0.25) is 10.0 Å². The molecule has 0 aromatic heterocycles. The Hall–Kier alpha value is -1.70. The van der Waals surface area contributed by atoms with Crippen LogP contribution in [0.2, 0.25) is 0 Å². The molecular formula is C17H22N2O4S. The zero-order valence-corrected chi connectivity index (χ0v) is 14.6. The Bertz CT molecular complexity index is 752. The van der Waals surface area contributed by atoms with Gasteiger partial charge in [-0.1, -0.05) is 17.7 Å². The standard InChI is InChI=1S/C17H22N2O4S/c1-14-5-7-19(8-6-14)24(21,22)16-4-2-3-15(13-16)17(20)18-9-11-23-12-10-18/h2-5,13H,6-12H2,1H3. The lowest BCUT2D eigenvalue weighted by atomic mass is 10.1. The van der Waals surface area contributed by atoms with Crippen LogP contribution < -0.4 is 0 Å². The van der Waals surface area contributed by atoms with Gasteiger partial charge < -0.3 is 9.64 Å². The molecule has 2 heterocycles. The minimum absolute atomic E-state index is 0.148. The van der Waals surface area contributed by atoms with Crippen molar-refractivity contribution in [2.24, 2.45) is 0 Å². The van der Waals surface area contributed by atoms with Gasteiger partial charge in [0.25, 0.3) is 5.91 Å². The van der Waals surface area contributed by atoms with Crippen LogP contribution in [0.15, 0.2) is 40.8 Å². The normalized spacial score (nSPS) is 19.9. The smallest absolute Gasteiger partial charge is 0.254 e. The van der Waals surface area contributed by atoms with Crippen LogP contribution in [0.4, 0.5) is 0 Å². The van der Waals surface area contributed by atoms with E-state index in [1.165, 1.54) is 15.9 Å². The zero-order chi connectivity index (χ0) is 17.2. The lowest BCUT2D eigenvalue weighted by Crippen LogP contribution is -2.40. The molecule has 0 aliphatic carbocycles. The second-order valence-corrected chi connectivity index (χ2v) is 8.03. The van der Waals surface area contributed by atoms with Crippen LogP contribution >= 0.6 is 0 Å². The van der Waals surface area contributed by atoms with E-state index in [1.807, 2.05) is 13.0 Å². The highest BCUT2D eigenvalue weighted by Gasteiger charge is 2.27. The molecule has 0 bridgehead atoms. The molecule has 7 heteroatoms. The van der Waals surface area contributed by atoms with E-state index in [4.69, 9.17) is 4.74 Å². The molecule has 1 aromatic carbocycles. The van der Waals surface area contributed by atoms with E-state index in [-0.39, 0.29) is 10.8 Å². The molecule has 1 saturated heterocycles. The minimum atomic E-state index is -3.58. The maximum Gasteiger partial charge on any atom is 0.254 e. The SMILES string of the molecule is CC1=CCN(S(=O)(=O)c2cccc(C(=O)N3CCOCC3)c2)CC1. The van der Waals surface area contributed by atoms with Crippen molar-refractivity contribution < 1.29 is 17.9 Å². The number of rotatable bonds is 3. The van der Waals surface area contributed by atoms with E-state index in [1.54, 1.807) is 23.1 Å². The third-order valence-electron chi connectivity index (χ3n) is 4.42. The van der Waals surface area contributed by atoms with Crippen molar-refractivity contribution in [2.45, 2.75) is 18.2 Å². The van der Waals surface area contributed by atoms with Crippen molar-refractivity contribution in [1.29, 1.82) is 0 Å². The Morgan fingerprint density at radius 2 is 1.92 bits per heavy atom. The first-order valence-corrected chi connectivity index (χ1v) is 9.55. The monoisotopic (exact) mass is 350 g/mol. The molecule has 24 heavy (non-hydrogen) atoms. The number of nitrogens with zero attached hydrogens (tertiary/aromatic N) is 2. The number of benzene rings is 1. The van der Waals surface area contributed by atoms with Crippen molar-refractivity contribution in [1.82, 2.24) is 9.21 Å². The summed E-state index contributed by atoms with van der Waals surface area (Å²) in [4.78, 5) is 14.4. The molecule has 0 unspecified atom stereocenters. The summed E-state index contributed by atoms with van der Waals surface area (Å²) in [7, 11) is -3.58. The summed E-state index contributed by atoms with van der Waals surface area (Å²) in [6, 6.07) is 6.33. The molecule has 2 aliphatic heterocycles. The highest BCUT2D eigenvalue weighted by atomic mass is 32.2. The quantitative estimate of drug-likeness (QED) is 0.775. The van der Waals surface area contributed by atoms with Crippen molar-refractivity contribution >= 4 is 15.9 Å². The number of ether oxygens (including phenoxy) is 1. The number of carbonyl (C=O) groups is 1. The zero-order valence-electron chi connectivity index (χ0n) is 13.8. The van der Waals surface area contributed by atoms with Gasteiger partial charge >= 0.3 is 0 Å². The molecule has 130 valence electrons. The molecule has 0 atom stereocenters. The Labute approximate surface area is 142 Å². The summed E-state index contributed by atoms with van der Waals surface area (Å²) < 4.78 is 32.3. The Kier molecular flexibility index (Phi) is 5.03. The fraction of sp³-hybridized carbons (Fsp3) is 0.471. The lowest BCUT2D eigenvalue weighted by molar-refractivity contribution is 0.0302. The van der Waals surface area contributed by atoms with Crippen LogP contribution in [0.3, 0.4) is 0 Å². The van der Waals surface area contributed by atoms with Crippen LogP contribution in [-0.2, 0) is 14.8 Å². The second-order valence-electron chi connectivity index (χ2n) is 6.10. The molecule has 2 aliphatic rings. The maximum absolute atomic E-state index is 12.8. The van der Waals surface area contributed by atoms with Crippen LogP contribution in [0.5, 0.6) is 0 Å². The molecule has 0 saturated carbocycles. The molecule has 1 fully saturated rings. The predicted molar refractivity (Wildman–Crippen MR) is 90.3 cm³/mol. The Balaban J connectivity index is 1.83. The van der Waals surface area contributed by atoms with E-state index in [2.05, 4.69) is 0 Å². The molecule has 0 radical (unpaired) electrons. The van der Waals surface area contributed by atoms with Gasteiger partial charge in [0.1, 0.15) is 0 Å². The fourth-order valence-electron chi connectivity index (χ4n) is 2.86. The summed E-state index contributed by atoms with van der Waals surface area (Å²) in [6.07, 6.45) is 2.68. The highest BCUT2D eigenvalue weighted by molar-refractivity contribution is 7.89. The second kappa shape index (κ2) is 7.04. The van der Waals surface area contributed by atoms with Crippen LogP contribution in [0.25, 0.3) is 0 Å². The van der Waals surface area contributed by atoms with Gasteiger partial charge in [-0.25, -0.2) is 8.42 Å². The van der Waals surface area contributed by atoms with E-state index >= 15 is 0 Å². The first kappa shape index (κ1) is 17.1. The first-order chi connectivity index (χ1) is 11.5. The molecule has 1 amide bonds. The summed E-state index contributed by atoms with van der Waals surface area (Å²) in [5, 5.41) is 0. The largest absolute Gasteiger partial charge is 0.378 e. The molecule has 6 nitrogen and oxygen atoms in total. The average molecular weight is 350 g/mol. The van der Waals surface area contributed by atoms with E-state index < -0.39 is 10.0 Å². The third kappa shape index (κ3) is 3.53. The minimum Gasteiger partial charge on any atom is -0.378 e. The maximum atomic E-state index is 12.8. The number of hydrogen-bond acceptors (Lipinski definition) is 4. The number of sulfonamides is 1. The number of amides is 1. The van der Waals surface area contributed by atoms with Gasteiger partial charge in [-0.3, -0.25) is 4.79 Å². The van der Waals surface area contributed by atoms with Gasteiger partial charge in [-0.05, 0) is 31.5 Å². The number of morpholine rings is 1. The first-order valence-electron chi connectivity index (χ1n) is 8.11. The summed E-state index contributed by atoms with van der Waals surface area (Å²) in [5.74, 6) is -0.148. The van der Waals surface area contributed by atoms with Crippen molar-refractivity contribution in [3.63, 3.8) is 0 Å². The third-order valence-corrected chi connectivity index (χ3v) is 6.28. The van der Waals surface area contributed by atoms with Gasteiger partial charge in [0.05, 0.1) is 18.1 Å². The summed E-state index contributed by atoms with van der Waals surface area (Å²) >= 11 is 0. The molecule has 0 spiro atoms. The Morgan fingerprint density at radius 3 is 2.58 bits per heavy atom. The lowest BCUT2D eigenvalue weighted by Gasteiger charge is -2.27. The number of carbonyl (C=O) groups excluding carboxylic acids is 1. The number of hydrogen-bond donors (Lipinski definition) is 0.